The lowest BCUT2D eigenvalue weighted by atomic mass is 10.1. The first-order valence-corrected chi connectivity index (χ1v) is 8.22. The average molecular weight is 374 g/mol. The Labute approximate surface area is 139 Å². The van der Waals surface area contributed by atoms with Crippen LogP contribution < -0.4 is 0 Å². The number of likely N-dealkylation sites (tertiary alicyclic amines) is 1. The average Bonchev–Trinajstić information content (AvgIpc) is 2.91. The van der Waals surface area contributed by atoms with Gasteiger partial charge in [0, 0.05) is 25.1 Å². The fourth-order valence-electron chi connectivity index (χ4n) is 2.39. The second kappa shape index (κ2) is 6.58. The highest BCUT2D eigenvalue weighted by atomic mass is 79.9. The van der Waals surface area contributed by atoms with Crippen LogP contribution in [-0.4, -0.2) is 45.6 Å². The zero-order chi connectivity index (χ0) is 16.5. The summed E-state index contributed by atoms with van der Waals surface area (Å²) in [6, 6.07) is 0. The Morgan fingerprint density at radius 2 is 2.14 bits per heavy atom. The van der Waals surface area contributed by atoms with E-state index in [1.807, 2.05) is 27.8 Å². The summed E-state index contributed by atoms with van der Waals surface area (Å²) >= 11 is 3.48. The van der Waals surface area contributed by atoms with Gasteiger partial charge in [0.05, 0.1) is 25.5 Å². The number of ether oxygens (including phenoxy) is 2. The summed E-state index contributed by atoms with van der Waals surface area (Å²) in [5, 5.41) is 4.17. The molecule has 1 fully saturated rings. The van der Waals surface area contributed by atoms with Gasteiger partial charge < -0.3 is 14.4 Å². The Hall–Kier alpha value is -1.08. The molecule has 1 aromatic heterocycles. The van der Waals surface area contributed by atoms with Crippen LogP contribution in [0.15, 0.2) is 10.8 Å². The third-order valence-corrected chi connectivity index (χ3v) is 4.61. The molecule has 0 radical (unpaired) electrons. The number of carbonyl (C=O) groups is 1. The number of nitrogens with zero attached hydrogens (tertiary/aromatic N) is 3. The van der Waals surface area contributed by atoms with Gasteiger partial charge in [0.15, 0.2) is 0 Å². The zero-order valence-corrected chi connectivity index (χ0v) is 15.4. The fourth-order valence-corrected chi connectivity index (χ4v) is 2.70. The monoisotopic (exact) mass is 373 g/mol. The lowest BCUT2D eigenvalue weighted by Crippen LogP contribution is -2.36. The molecule has 0 unspecified atom stereocenters. The number of amides is 1. The van der Waals surface area contributed by atoms with E-state index >= 15 is 0 Å². The lowest BCUT2D eigenvalue weighted by molar-refractivity contribution is 0.0137. The van der Waals surface area contributed by atoms with Gasteiger partial charge in [-0.15, -0.1) is 0 Å². The molecule has 1 saturated heterocycles. The van der Waals surface area contributed by atoms with Gasteiger partial charge in [-0.3, -0.25) is 4.68 Å². The summed E-state index contributed by atoms with van der Waals surface area (Å²) in [5.41, 5.74) is 0.533. The Kier molecular flexibility index (Phi) is 5.17. The third-order valence-electron chi connectivity index (χ3n) is 3.58. The number of halogens is 1. The van der Waals surface area contributed by atoms with E-state index < -0.39 is 5.60 Å². The standard InChI is InChI=1S/C15H24BrN3O3/c1-10-7-19(14(20)22-15(2,3)4)8-12(10)21-9-11-6-17-18(5)13(11)16/h6,10,12H,7-9H2,1-5H3/t10-,12+/m1/s1. The predicted octanol–water partition coefficient (Wildman–Crippen LogP) is 2.95. The molecule has 6 nitrogen and oxygen atoms in total. The summed E-state index contributed by atoms with van der Waals surface area (Å²) in [4.78, 5) is 13.8. The van der Waals surface area contributed by atoms with Gasteiger partial charge in [0.25, 0.3) is 0 Å². The SMILES string of the molecule is C[C@@H]1CN(C(=O)OC(C)(C)C)C[C@@H]1OCc1cnn(C)c1Br. The molecule has 2 heterocycles. The minimum atomic E-state index is -0.472. The van der Waals surface area contributed by atoms with E-state index in [2.05, 4.69) is 28.0 Å². The Bertz CT molecular complexity index is 539. The first kappa shape index (κ1) is 17.3. The molecule has 124 valence electrons. The van der Waals surface area contributed by atoms with Crippen LogP contribution in [0, 0.1) is 5.92 Å². The van der Waals surface area contributed by atoms with Crippen molar-refractivity contribution in [3.63, 3.8) is 0 Å². The molecular formula is C15H24BrN3O3. The molecule has 0 aliphatic carbocycles. The van der Waals surface area contributed by atoms with Gasteiger partial charge >= 0.3 is 6.09 Å². The normalized spacial score (nSPS) is 22.2. The Morgan fingerprint density at radius 1 is 1.45 bits per heavy atom. The van der Waals surface area contributed by atoms with Crippen molar-refractivity contribution in [3.05, 3.63) is 16.4 Å². The maximum atomic E-state index is 12.1. The van der Waals surface area contributed by atoms with Crippen molar-refractivity contribution >= 4 is 22.0 Å². The van der Waals surface area contributed by atoms with Crippen molar-refractivity contribution < 1.29 is 14.3 Å². The van der Waals surface area contributed by atoms with E-state index in [1.165, 1.54) is 0 Å². The molecule has 1 aliphatic rings. The summed E-state index contributed by atoms with van der Waals surface area (Å²) in [7, 11) is 1.87. The summed E-state index contributed by atoms with van der Waals surface area (Å²) in [5.74, 6) is 0.281. The van der Waals surface area contributed by atoms with Gasteiger partial charge in [0.2, 0.25) is 0 Å². The van der Waals surface area contributed by atoms with Crippen molar-refractivity contribution in [2.75, 3.05) is 13.1 Å². The second-order valence-corrected chi connectivity index (χ2v) is 7.55. The second-order valence-electron chi connectivity index (χ2n) is 6.80. The smallest absolute Gasteiger partial charge is 0.410 e. The highest BCUT2D eigenvalue weighted by molar-refractivity contribution is 9.10. The van der Waals surface area contributed by atoms with Crippen LogP contribution in [0.2, 0.25) is 0 Å². The quantitative estimate of drug-likeness (QED) is 0.816. The minimum Gasteiger partial charge on any atom is -0.444 e. The molecular weight excluding hydrogens is 350 g/mol. The molecule has 0 bridgehead atoms. The third kappa shape index (κ3) is 4.23. The van der Waals surface area contributed by atoms with Gasteiger partial charge in [-0.2, -0.15) is 5.10 Å². The van der Waals surface area contributed by atoms with Crippen LogP contribution in [-0.2, 0) is 23.1 Å². The van der Waals surface area contributed by atoms with Gasteiger partial charge in [-0.25, -0.2) is 4.79 Å². The van der Waals surface area contributed by atoms with Gasteiger partial charge in [-0.1, -0.05) is 6.92 Å². The molecule has 0 spiro atoms. The predicted molar refractivity (Wildman–Crippen MR) is 86.5 cm³/mol. The molecule has 22 heavy (non-hydrogen) atoms. The summed E-state index contributed by atoms with van der Waals surface area (Å²) in [6.07, 6.45) is 1.53. The molecule has 7 heteroatoms. The van der Waals surface area contributed by atoms with Crippen molar-refractivity contribution in [1.29, 1.82) is 0 Å². The van der Waals surface area contributed by atoms with Crippen LogP contribution in [0.5, 0.6) is 0 Å². The Balaban J connectivity index is 1.88. The highest BCUT2D eigenvalue weighted by Gasteiger charge is 2.35. The maximum absolute atomic E-state index is 12.1. The van der Waals surface area contributed by atoms with Crippen LogP contribution in [0.25, 0.3) is 0 Å². The van der Waals surface area contributed by atoms with E-state index in [-0.39, 0.29) is 18.1 Å². The number of rotatable bonds is 3. The number of carbonyl (C=O) groups excluding carboxylic acids is 1. The van der Waals surface area contributed by atoms with Crippen LogP contribution in [0.4, 0.5) is 4.79 Å². The molecule has 0 aromatic carbocycles. The van der Waals surface area contributed by atoms with E-state index in [4.69, 9.17) is 9.47 Å². The molecule has 2 rings (SSSR count). The van der Waals surface area contributed by atoms with Crippen LogP contribution >= 0.6 is 15.9 Å². The van der Waals surface area contributed by atoms with Crippen LogP contribution in [0.3, 0.4) is 0 Å². The van der Waals surface area contributed by atoms with Crippen molar-refractivity contribution in [3.8, 4) is 0 Å². The number of hydrogen-bond acceptors (Lipinski definition) is 4. The number of aromatic nitrogens is 2. The summed E-state index contributed by atoms with van der Waals surface area (Å²) < 4.78 is 14.1. The van der Waals surface area contributed by atoms with Crippen LogP contribution in [0.1, 0.15) is 33.3 Å². The molecule has 0 N–H and O–H groups in total. The molecule has 1 aromatic rings. The topological polar surface area (TPSA) is 56.6 Å². The lowest BCUT2D eigenvalue weighted by Gasteiger charge is -2.24. The van der Waals surface area contributed by atoms with E-state index in [0.29, 0.717) is 19.7 Å². The zero-order valence-electron chi connectivity index (χ0n) is 13.8. The maximum Gasteiger partial charge on any atom is 0.410 e. The molecule has 2 atom stereocenters. The van der Waals surface area contributed by atoms with Gasteiger partial charge in [0.1, 0.15) is 10.2 Å². The Morgan fingerprint density at radius 3 is 2.68 bits per heavy atom. The first-order chi connectivity index (χ1) is 10.2. The summed E-state index contributed by atoms with van der Waals surface area (Å²) in [6.45, 7) is 9.41. The van der Waals surface area contributed by atoms with Crippen molar-refractivity contribution in [2.45, 2.75) is 46.0 Å². The highest BCUT2D eigenvalue weighted by Crippen LogP contribution is 2.24. The minimum absolute atomic E-state index is 0.0135. The van der Waals surface area contributed by atoms with Gasteiger partial charge in [-0.05, 0) is 36.7 Å². The number of aryl methyl sites for hydroxylation is 1. The molecule has 0 saturated carbocycles. The van der Waals surface area contributed by atoms with Crippen molar-refractivity contribution in [2.24, 2.45) is 13.0 Å². The van der Waals surface area contributed by atoms with E-state index in [0.717, 1.165) is 10.2 Å². The fraction of sp³-hybridized carbons (Fsp3) is 0.733. The van der Waals surface area contributed by atoms with Crippen molar-refractivity contribution in [1.82, 2.24) is 14.7 Å². The number of hydrogen-bond donors (Lipinski definition) is 0. The molecule has 1 amide bonds. The largest absolute Gasteiger partial charge is 0.444 e. The molecule has 1 aliphatic heterocycles. The van der Waals surface area contributed by atoms with E-state index in [9.17, 15) is 4.79 Å². The van der Waals surface area contributed by atoms with E-state index in [1.54, 1.807) is 15.8 Å². The first-order valence-electron chi connectivity index (χ1n) is 7.43.